The van der Waals surface area contributed by atoms with Crippen molar-refractivity contribution < 1.29 is 24.2 Å². The molecule has 2 aliphatic carbocycles. The summed E-state index contributed by atoms with van der Waals surface area (Å²) >= 11 is 0. The van der Waals surface area contributed by atoms with Crippen molar-refractivity contribution in [3.8, 4) is 11.5 Å². The summed E-state index contributed by atoms with van der Waals surface area (Å²) in [5, 5.41) is 9.07. The third kappa shape index (κ3) is 2.89. The standard InChI is InChI=1S/C26H28O5/c1-25(2)15-11-12-26(25,3)18(13-15)16-8-6-10-20-23(16)24(31-22(29)14-21(27)28)17-7-4-5-9-19(17)30-20/h4-10,15,18,24H,11-14H2,1-3H3,(H,27,28). The van der Waals surface area contributed by atoms with Gasteiger partial charge in [-0.05, 0) is 59.6 Å². The van der Waals surface area contributed by atoms with Gasteiger partial charge in [-0.25, -0.2) is 0 Å². The average Bonchev–Trinajstić information content (AvgIpc) is 3.06. The third-order valence-corrected chi connectivity index (χ3v) is 8.50. The molecule has 0 radical (unpaired) electrons. The molecule has 2 aromatic carbocycles. The van der Waals surface area contributed by atoms with Crippen LogP contribution in [0.25, 0.3) is 0 Å². The number of carbonyl (C=O) groups is 2. The molecule has 0 aromatic heterocycles. The van der Waals surface area contributed by atoms with E-state index in [2.05, 4.69) is 26.8 Å². The first-order valence-corrected chi connectivity index (χ1v) is 11.0. The van der Waals surface area contributed by atoms with E-state index in [4.69, 9.17) is 14.6 Å². The molecule has 5 heteroatoms. The van der Waals surface area contributed by atoms with Gasteiger partial charge >= 0.3 is 11.9 Å². The molecule has 2 fully saturated rings. The van der Waals surface area contributed by atoms with Crippen molar-refractivity contribution in [1.29, 1.82) is 0 Å². The summed E-state index contributed by atoms with van der Waals surface area (Å²) in [5.74, 6) is 0.401. The van der Waals surface area contributed by atoms with Crippen LogP contribution in [0.1, 0.15) is 75.2 Å². The molecule has 2 aromatic rings. The van der Waals surface area contributed by atoms with Crippen LogP contribution in [0, 0.1) is 16.7 Å². The molecule has 5 nitrogen and oxygen atoms in total. The van der Waals surface area contributed by atoms with Crippen molar-refractivity contribution in [3.05, 3.63) is 59.2 Å². The number of ether oxygens (including phenoxy) is 2. The number of para-hydroxylation sites is 1. The number of carboxylic acid groups (broad SMARTS) is 1. The minimum Gasteiger partial charge on any atom is -0.481 e. The first kappa shape index (κ1) is 20.1. The molecular weight excluding hydrogens is 392 g/mol. The lowest BCUT2D eigenvalue weighted by atomic mass is 9.64. The summed E-state index contributed by atoms with van der Waals surface area (Å²) in [4.78, 5) is 23.5. The zero-order chi connectivity index (χ0) is 22.0. The normalized spacial score (nSPS) is 29.6. The van der Waals surface area contributed by atoms with Crippen LogP contribution in [0.4, 0.5) is 0 Å². The Bertz CT molecular complexity index is 1070. The van der Waals surface area contributed by atoms with Crippen molar-refractivity contribution in [3.63, 3.8) is 0 Å². The van der Waals surface area contributed by atoms with Crippen LogP contribution in [0.2, 0.25) is 0 Å². The number of carbonyl (C=O) groups excluding carboxylic acids is 1. The fraction of sp³-hybridized carbons (Fsp3) is 0.462. The quantitative estimate of drug-likeness (QED) is 0.498. The van der Waals surface area contributed by atoms with Crippen LogP contribution in [-0.4, -0.2) is 17.0 Å². The maximum absolute atomic E-state index is 12.4. The van der Waals surface area contributed by atoms with Gasteiger partial charge in [-0.1, -0.05) is 51.1 Å². The first-order chi connectivity index (χ1) is 14.7. The predicted molar refractivity (Wildman–Crippen MR) is 115 cm³/mol. The van der Waals surface area contributed by atoms with E-state index in [1.165, 1.54) is 12.8 Å². The highest BCUT2D eigenvalue weighted by molar-refractivity contribution is 5.90. The van der Waals surface area contributed by atoms with Crippen LogP contribution in [-0.2, 0) is 14.3 Å². The minimum atomic E-state index is -1.19. The summed E-state index contributed by atoms with van der Waals surface area (Å²) in [7, 11) is 0. The molecule has 2 bridgehead atoms. The Kier molecular flexibility index (Phi) is 4.44. The van der Waals surface area contributed by atoms with Crippen LogP contribution in [0.3, 0.4) is 0 Å². The number of carboxylic acids is 1. The lowest BCUT2D eigenvalue weighted by Crippen LogP contribution is -2.32. The highest BCUT2D eigenvalue weighted by atomic mass is 16.6. The molecule has 5 rings (SSSR count). The van der Waals surface area contributed by atoms with Gasteiger partial charge in [-0.15, -0.1) is 0 Å². The van der Waals surface area contributed by atoms with E-state index < -0.39 is 24.5 Å². The Labute approximate surface area is 182 Å². The van der Waals surface area contributed by atoms with Gasteiger partial charge < -0.3 is 14.6 Å². The molecule has 31 heavy (non-hydrogen) atoms. The van der Waals surface area contributed by atoms with Crippen LogP contribution in [0.5, 0.6) is 11.5 Å². The van der Waals surface area contributed by atoms with Crippen LogP contribution in [0.15, 0.2) is 42.5 Å². The summed E-state index contributed by atoms with van der Waals surface area (Å²) in [5.41, 5.74) is 3.18. The topological polar surface area (TPSA) is 72.8 Å². The molecule has 0 saturated heterocycles. The smallest absolute Gasteiger partial charge is 0.318 e. The van der Waals surface area contributed by atoms with Gasteiger partial charge in [-0.2, -0.15) is 0 Å². The molecule has 0 amide bonds. The molecule has 1 N–H and O–H groups in total. The number of hydrogen-bond donors (Lipinski definition) is 1. The Morgan fingerprint density at radius 3 is 2.45 bits per heavy atom. The van der Waals surface area contributed by atoms with E-state index in [1.807, 2.05) is 36.4 Å². The van der Waals surface area contributed by atoms with Gasteiger partial charge in [0.1, 0.15) is 17.9 Å². The van der Waals surface area contributed by atoms with E-state index in [0.29, 0.717) is 23.3 Å². The van der Waals surface area contributed by atoms with Gasteiger partial charge in [0, 0.05) is 11.1 Å². The van der Waals surface area contributed by atoms with Gasteiger partial charge in [0.25, 0.3) is 0 Å². The number of fused-ring (bicyclic) bond motifs is 4. The Morgan fingerprint density at radius 2 is 1.77 bits per heavy atom. The largest absolute Gasteiger partial charge is 0.481 e. The Hall–Kier alpha value is -2.82. The summed E-state index contributed by atoms with van der Waals surface area (Å²) in [6.07, 6.45) is 2.21. The fourth-order valence-corrected chi connectivity index (χ4v) is 6.39. The lowest BCUT2D eigenvalue weighted by Gasteiger charge is -2.41. The van der Waals surface area contributed by atoms with E-state index in [9.17, 15) is 9.59 Å². The second-order valence-corrected chi connectivity index (χ2v) is 10.0. The van der Waals surface area contributed by atoms with E-state index in [1.54, 1.807) is 0 Å². The molecule has 3 aliphatic rings. The fourth-order valence-electron chi connectivity index (χ4n) is 6.39. The minimum absolute atomic E-state index is 0.152. The molecule has 1 aliphatic heterocycles. The molecule has 1 heterocycles. The summed E-state index contributed by atoms with van der Waals surface area (Å²) < 4.78 is 12.0. The van der Waals surface area contributed by atoms with Crippen molar-refractivity contribution in [2.24, 2.45) is 16.7 Å². The Balaban J connectivity index is 1.63. The zero-order valence-electron chi connectivity index (χ0n) is 18.2. The van der Waals surface area contributed by atoms with E-state index >= 15 is 0 Å². The molecule has 162 valence electrons. The van der Waals surface area contributed by atoms with Gasteiger partial charge in [0.15, 0.2) is 6.10 Å². The molecule has 4 unspecified atom stereocenters. The van der Waals surface area contributed by atoms with Crippen LogP contribution < -0.4 is 4.74 Å². The highest BCUT2D eigenvalue weighted by Crippen LogP contribution is 2.71. The van der Waals surface area contributed by atoms with Crippen molar-refractivity contribution in [2.75, 3.05) is 0 Å². The summed E-state index contributed by atoms with van der Waals surface area (Å²) in [6.45, 7) is 7.17. The number of esters is 1. The summed E-state index contributed by atoms with van der Waals surface area (Å²) in [6, 6.07) is 13.6. The highest BCUT2D eigenvalue weighted by Gasteiger charge is 2.62. The van der Waals surface area contributed by atoms with Crippen LogP contribution >= 0.6 is 0 Å². The Morgan fingerprint density at radius 1 is 1.06 bits per heavy atom. The molecule has 4 atom stereocenters. The van der Waals surface area contributed by atoms with E-state index in [0.717, 1.165) is 23.1 Å². The first-order valence-electron chi connectivity index (χ1n) is 11.0. The predicted octanol–water partition coefficient (Wildman–Crippen LogP) is 5.83. The number of hydrogen-bond acceptors (Lipinski definition) is 4. The van der Waals surface area contributed by atoms with Gasteiger partial charge in [-0.3, -0.25) is 9.59 Å². The molecule has 2 saturated carbocycles. The number of aliphatic carboxylic acids is 1. The maximum atomic E-state index is 12.4. The zero-order valence-corrected chi connectivity index (χ0v) is 18.2. The second kappa shape index (κ2) is 6.84. The van der Waals surface area contributed by atoms with Gasteiger partial charge in [0.2, 0.25) is 0 Å². The SMILES string of the molecule is CC1(C)C2CCC1(C)C(c1cccc3c1C(OC(=O)CC(=O)O)c1ccccc1O3)C2. The van der Waals surface area contributed by atoms with Crippen molar-refractivity contribution >= 4 is 11.9 Å². The van der Waals surface area contributed by atoms with Crippen molar-refractivity contribution in [1.82, 2.24) is 0 Å². The molecular formula is C26H28O5. The third-order valence-electron chi connectivity index (χ3n) is 8.50. The number of rotatable bonds is 4. The second-order valence-electron chi connectivity index (χ2n) is 10.0. The monoisotopic (exact) mass is 420 g/mol. The average molecular weight is 421 g/mol. The maximum Gasteiger partial charge on any atom is 0.318 e. The lowest BCUT2D eigenvalue weighted by molar-refractivity contribution is -0.154. The van der Waals surface area contributed by atoms with Gasteiger partial charge in [0.05, 0.1) is 0 Å². The van der Waals surface area contributed by atoms with Crippen molar-refractivity contribution in [2.45, 2.75) is 58.5 Å². The number of benzene rings is 2. The molecule has 0 spiro atoms. The van der Waals surface area contributed by atoms with E-state index in [-0.39, 0.29) is 10.8 Å².